The lowest BCUT2D eigenvalue weighted by atomic mass is 10.2. The first-order valence-corrected chi connectivity index (χ1v) is 9.18. The highest BCUT2D eigenvalue weighted by Crippen LogP contribution is 2.33. The number of anilines is 1. The minimum absolute atomic E-state index is 0.0724. The molecule has 0 saturated heterocycles. The summed E-state index contributed by atoms with van der Waals surface area (Å²) in [6.45, 7) is -1.57. The first-order chi connectivity index (χ1) is 14.9. The van der Waals surface area contributed by atoms with E-state index < -0.39 is 53.3 Å². The van der Waals surface area contributed by atoms with Crippen molar-refractivity contribution >= 4 is 52.4 Å². The fraction of sp³-hybridized carbons (Fsp3) is 0.167. The second kappa shape index (κ2) is 10.3. The molecule has 0 saturated carbocycles. The Hall–Kier alpha value is -3.38. The molecule has 0 bridgehead atoms. The Morgan fingerprint density at radius 2 is 1.78 bits per heavy atom. The molecule has 0 aliphatic rings. The third kappa shape index (κ3) is 7.10. The summed E-state index contributed by atoms with van der Waals surface area (Å²) >= 11 is 11.5. The van der Waals surface area contributed by atoms with Crippen LogP contribution in [0, 0.1) is 10.1 Å². The van der Waals surface area contributed by atoms with Gasteiger partial charge in [0.1, 0.15) is 6.54 Å². The van der Waals surface area contributed by atoms with Crippen molar-refractivity contribution in [3.63, 3.8) is 0 Å². The molecule has 0 aliphatic heterocycles. The van der Waals surface area contributed by atoms with Crippen molar-refractivity contribution in [1.29, 1.82) is 0 Å². The summed E-state index contributed by atoms with van der Waals surface area (Å²) in [5.74, 6) is -2.90. The molecule has 14 heteroatoms. The molecular weight excluding hydrogens is 482 g/mol. The summed E-state index contributed by atoms with van der Waals surface area (Å²) in [7, 11) is 0. The first kappa shape index (κ1) is 24.9. The van der Waals surface area contributed by atoms with Crippen molar-refractivity contribution in [2.45, 2.75) is 6.18 Å². The van der Waals surface area contributed by atoms with Gasteiger partial charge in [-0.2, -0.15) is 13.2 Å². The van der Waals surface area contributed by atoms with Gasteiger partial charge in [0, 0.05) is 22.7 Å². The number of nitrogens with zero attached hydrogens (tertiary/aromatic N) is 1. The van der Waals surface area contributed by atoms with Gasteiger partial charge in [-0.25, -0.2) is 0 Å². The van der Waals surface area contributed by atoms with E-state index >= 15 is 0 Å². The number of benzene rings is 2. The minimum atomic E-state index is -4.65. The smallest absolute Gasteiger partial charge is 0.416 e. The van der Waals surface area contributed by atoms with E-state index in [2.05, 4.69) is 15.4 Å². The Bertz CT molecular complexity index is 1080. The number of amides is 2. The summed E-state index contributed by atoms with van der Waals surface area (Å²) in [4.78, 5) is 45.6. The van der Waals surface area contributed by atoms with Gasteiger partial charge in [0.25, 0.3) is 17.5 Å². The second-order valence-electron chi connectivity index (χ2n) is 6.04. The SMILES string of the molecule is O=C(COC(=O)CNC(=O)c1cc(Cl)cc([N+](=O)[O-])c1)Nc1cc(C(F)(F)F)ccc1Cl. The molecule has 0 spiro atoms. The number of ether oxygens (including phenoxy) is 1. The molecular formula is C18H12Cl2F3N3O6. The third-order valence-electron chi connectivity index (χ3n) is 3.68. The zero-order valence-electron chi connectivity index (χ0n) is 15.7. The molecule has 2 aromatic carbocycles. The topological polar surface area (TPSA) is 128 Å². The van der Waals surface area contributed by atoms with Gasteiger partial charge >= 0.3 is 12.1 Å². The predicted octanol–water partition coefficient (Wildman–Crippen LogP) is 3.83. The Morgan fingerprint density at radius 1 is 1.09 bits per heavy atom. The quantitative estimate of drug-likeness (QED) is 0.342. The molecule has 2 aromatic rings. The number of halogens is 5. The number of nitro benzene ring substituents is 1. The van der Waals surface area contributed by atoms with E-state index in [1.165, 1.54) is 0 Å². The standard InChI is InChI=1S/C18H12Cl2F3N3O6/c19-11-3-9(4-12(6-11)26(30)31)17(29)24-7-16(28)32-8-15(27)25-14-5-10(18(21,22)23)1-2-13(14)20/h1-6H,7-8H2,(H,24,29)(H,25,27). The largest absolute Gasteiger partial charge is 0.454 e. The molecule has 0 unspecified atom stereocenters. The van der Waals surface area contributed by atoms with Crippen LogP contribution in [0.15, 0.2) is 36.4 Å². The Labute approximate surface area is 187 Å². The van der Waals surface area contributed by atoms with Gasteiger partial charge in [0.15, 0.2) is 6.61 Å². The van der Waals surface area contributed by atoms with Crippen LogP contribution in [0.4, 0.5) is 24.5 Å². The van der Waals surface area contributed by atoms with E-state index in [1.54, 1.807) is 0 Å². The molecule has 9 nitrogen and oxygen atoms in total. The van der Waals surface area contributed by atoms with Crippen LogP contribution in [0.2, 0.25) is 10.0 Å². The van der Waals surface area contributed by atoms with Crippen molar-refractivity contribution in [3.05, 3.63) is 67.7 Å². The maximum Gasteiger partial charge on any atom is 0.416 e. The summed E-state index contributed by atoms with van der Waals surface area (Å²) in [5, 5.41) is 14.8. The van der Waals surface area contributed by atoms with Gasteiger partial charge < -0.3 is 15.4 Å². The van der Waals surface area contributed by atoms with Gasteiger partial charge in [-0.05, 0) is 24.3 Å². The van der Waals surface area contributed by atoms with E-state index in [0.717, 1.165) is 30.3 Å². The fourth-order valence-corrected chi connectivity index (χ4v) is 2.64. The normalized spacial score (nSPS) is 10.9. The van der Waals surface area contributed by atoms with Crippen LogP contribution in [-0.2, 0) is 20.5 Å². The lowest BCUT2D eigenvalue weighted by Gasteiger charge is -2.12. The van der Waals surface area contributed by atoms with E-state index in [1.807, 2.05) is 0 Å². The van der Waals surface area contributed by atoms with E-state index in [0.29, 0.717) is 6.07 Å². The van der Waals surface area contributed by atoms with Crippen LogP contribution in [0.5, 0.6) is 0 Å². The fourth-order valence-electron chi connectivity index (χ4n) is 2.25. The van der Waals surface area contributed by atoms with Crippen molar-refractivity contribution in [1.82, 2.24) is 5.32 Å². The van der Waals surface area contributed by atoms with Gasteiger partial charge in [-0.1, -0.05) is 23.2 Å². The molecule has 0 aliphatic carbocycles. The molecule has 2 rings (SSSR count). The number of nitro groups is 1. The van der Waals surface area contributed by atoms with Crippen molar-refractivity contribution in [2.24, 2.45) is 0 Å². The van der Waals surface area contributed by atoms with E-state index in [-0.39, 0.29) is 21.3 Å². The minimum Gasteiger partial charge on any atom is -0.454 e. The maximum absolute atomic E-state index is 12.7. The molecule has 0 fully saturated rings. The van der Waals surface area contributed by atoms with Crippen LogP contribution in [0.25, 0.3) is 0 Å². The Kier molecular flexibility index (Phi) is 8.00. The number of non-ortho nitro benzene ring substituents is 1. The number of carbonyl (C=O) groups is 3. The average molecular weight is 494 g/mol. The van der Waals surface area contributed by atoms with Gasteiger partial charge in [-0.15, -0.1) is 0 Å². The molecule has 170 valence electrons. The average Bonchev–Trinajstić information content (AvgIpc) is 2.70. The summed E-state index contributed by atoms with van der Waals surface area (Å²) in [6, 6.07) is 5.41. The highest BCUT2D eigenvalue weighted by atomic mass is 35.5. The molecule has 32 heavy (non-hydrogen) atoms. The highest BCUT2D eigenvalue weighted by Gasteiger charge is 2.31. The van der Waals surface area contributed by atoms with Crippen molar-refractivity contribution in [3.8, 4) is 0 Å². The van der Waals surface area contributed by atoms with Crippen LogP contribution >= 0.6 is 23.2 Å². The third-order valence-corrected chi connectivity index (χ3v) is 4.23. The Balaban J connectivity index is 1.88. The van der Waals surface area contributed by atoms with Crippen LogP contribution in [-0.4, -0.2) is 35.9 Å². The lowest BCUT2D eigenvalue weighted by molar-refractivity contribution is -0.384. The number of hydrogen-bond donors (Lipinski definition) is 2. The maximum atomic E-state index is 12.7. The number of alkyl halides is 3. The lowest BCUT2D eigenvalue weighted by Crippen LogP contribution is -2.32. The monoisotopic (exact) mass is 493 g/mol. The summed E-state index contributed by atoms with van der Waals surface area (Å²) in [5.41, 5.74) is -2.00. The predicted molar refractivity (Wildman–Crippen MR) is 106 cm³/mol. The number of nitrogens with one attached hydrogen (secondary N) is 2. The zero-order valence-corrected chi connectivity index (χ0v) is 17.2. The van der Waals surface area contributed by atoms with Crippen LogP contribution in [0.3, 0.4) is 0 Å². The number of esters is 1. The second-order valence-corrected chi connectivity index (χ2v) is 6.88. The molecule has 0 heterocycles. The first-order valence-electron chi connectivity index (χ1n) is 8.42. The van der Waals surface area contributed by atoms with Gasteiger partial charge in [0.2, 0.25) is 0 Å². The van der Waals surface area contributed by atoms with Gasteiger partial charge in [0.05, 0.1) is 21.2 Å². The summed E-state index contributed by atoms with van der Waals surface area (Å²) in [6.07, 6.45) is -4.65. The zero-order chi connectivity index (χ0) is 24.1. The number of carbonyl (C=O) groups excluding carboxylic acids is 3. The number of rotatable bonds is 7. The summed E-state index contributed by atoms with van der Waals surface area (Å²) < 4.78 is 42.9. The van der Waals surface area contributed by atoms with Crippen LogP contribution < -0.4 is 10.6 Å². The molecule has 2 amide bonds. The van der Waals surface area contributed by atoms with Crippen molar-refractivity contribution in [2.75, 3.05) is 18.5 Å². The molecule has 0 radical (unpaired) electrons. The van der Waals surface area contributed by atoms with Crippen LogP contribution in [0.1, 0.15) is 15.9 Å². The number of hydrogen-bond acceptors (Lipinski definition) is 6. The van der Waals surface area contributed by atoms with Crippen molar-refractivity contribution < 1.29 is 37.2 Å². The molecule has 2 N–H and O–H groups in total. The highest BCUT2D eigenvalue weighted by molar-refractivity contribution is 6.33. The molecule has 0 aromatic heterocycles. The van der Waals surface area contributed by atoms with Gasteiger partial charge in [-0.3, -0.25) is 24.5 Å². The van der Waals surface area contributed by atoms with E-state index in [9.17, 15) is 37.7 Å². The molecule has 0 atom stereocenters. The van der Waals surface area contributed by atoms with E-state index in [4.69, 9.17) is 23.2 Å². The Morgan fingerprint density at radius 3 is 2.41 bits per heavy atom.